The fraction of sp³-hybridized carbons (Fsp3) is 0.500. The van der Waals surface area contributed by atoms with Crippen LogP contribution in [0.25, 0.3) is 0 Å². The predicted molar refractivity (Wildman–Crippen MR) is 69.2 cm³/mol. The van der Waals surface area contributed by atoms with Gasteiger partial charge in [0.1, 0.15) is 6.61 Å². The Morgan fingerprint density at radius 3 is 2.50 bits per heavy atom. The molecule has 4 heteroatoms. The van der Waals surface area contributed by atoms with Crippen molar-refractivity contribution in [2.75, 3.05) is 25.6 Å². The molecule has 0 aromatic heterocycles. The molecule has 1 aliphatic carbocycles. The number of anilines is 1. The molecule has 0 aliphatic heterocycles. The van der Waals surface area contributed by atoms with E-state index in [0.29, 0.717) is 25.5 Å². The van der Waals surface area contributed by atoms with Crippen molar-refractivity contribution in [1.29, 1.82) is 0 Å². The molecule has 0 atom stereocenters. The molecule has 98 valence electrons. The second-order valence-electron chi connectivity index (χ2n) is 4.54. The Kier molecular flexibility index (Phi) is 3.87. The van der Waals surface area contributed by atoms with E-state index in [9.17, 15) is 4.79 Å². The predicted octanol–water partition coefficient (Wildman–Crippen LogP) is 1.88. The first-order valence-corrected chi connectivity index (χ1v) is 6.30. The molecule has 0 heterocycles. The normalized spacial score (nSPS) is 16.3. The molecular formula is C14H19NO3. The number of esters is 1. The van der Waals surface area contributed by atoms with Gasteiger partial charge in [-0.1, -0.05) is 12.1 Å². The molecule has 0 radical (unpaired) electrons. The van der Waals surface area contributed by atoms with Gasteiger partial charge in [0, 0.05) is 12.3 Å². The zero-order valence-electron chi connectivity index (χ0n) is 10.6. The minimum absolute atomic E-state index is 0.146. The van der Waals surface area contributed by atoms with Crippen LogP contribution in [0.3, 0.4) is 0 Å². The van der Waals surface area contributed by atoms with Crippen molar-refractivity contribution in [2.24, 2.45) is 0 Å². The second-order valence-corrected chi connectivity index (χ2v) is 4.54. The lowest BCUT2D eigenvalue weighted by atomic mass is 9.96. The van der Waals surface area contributed by atoms with Gasteiger partial charge in [-0.3, -0.25) is 4.79 Å². The van der Waals surface area contributed by atoms with Crippen molar-refractivity contribution in [2.45, 2.75) is 25.2 Å². The summed E-state index contributed by atoms with van der Waals surface area (Å²) < 4.78 is 10.4. The van der Waals surface area contributed by atoms with Crippen LogP contribution in [0.2, 0.25) is 0 Å². The monoisotopic (exact) mass is 249 g/mol. The Morgan fingerprint density at radius 2 is 1.94 bits per heavy atom. The first-order chi connectivity index (χ1) is 8.69. The van der Waals surface area contributed by atoms with Crippen LogP contribution >= 0.6 is 0 Å². The number of hydrogen-bond donors (Lipinski definition) is 1. The van der Waals surface area contributed by atoms with Crippen molar-refractivity contribution in [3.8, 4) is 0 Å². The summed E-state index contributed by atoms with van der Waals surface area (Å²) in [6.07, 6.45) is 1.70. The number of carbonyl (C=O) groups is 1. The van der Waals surface area contributed by atoms with Gasteiger partial charge in [-0.15, -0.1) is 0 Å². The summed E-state index contributed by atoms with van der Waals surface area (Å²) in [6, 6.07) is 7.46. The Bertz CT molecular complexity index is 410. The summed E-state index contributed by atoms with van der Waals surface area (Å²) in [4.78, 5) is 12.1. The van der Waals surface area contributed by atoms with E-state index < -0.39 is 5.41 Å². The summed E-state index contributed by atoms with van der Waals surface area (Å²) in [7, 11) is 0. The van der Waals surface area contributed by atoms with Gasteiger partial charge in [0.25, 0.3) is 0 Å². The maximum Gasteiger partial charge on any atom is 0.316 e. The standard InChI is InChI=1S/C14H19NO3/c1-2-17-9-10-18-13(16)14(7-8-14)11-3-5-12(15)6-4-11/h3-6H,2,7-10,15H2,1H3. The zero-order valence-corrected chi connectivity index (χ0v) is 10.6. The van der Waals surface area contributed by atoms with Crippen LogP contribution in [0, 0.1) is 0 Å². The van der Waals surface area contributed by atoms with Gasteiger partial charge in [-0.05, 0) is 37.5 Å². The quantitative estimate of drug-likeness (QED) is 0.475. The average molecular weight is 249 g/mol. The van der Waals surface area contributed by atoms with Gasteiger partial charge in [0.2, 0.25) is 0 Å². The molecule has 2 rings (SSSR count). The summed E-state index contributed by atoms with van der Waals surface area (Å²) in [5, 5.41) is 0. The topological polar surface area (TPSA) is 61.5 Å². The van der Waals surface area contributed by atoms with E-state index in [0.717, 1.165) is 18.4 Å². The van der Waals surface area contributed by atoms with Crippen LogP contribution in [0.5, 0.6) is 0 Å². The van der Waals surface area contributed by atoms with Gasteiger partial charge in [0.15, 0.2) is 0 Å². The van der Waals surface area contributed by atoms with E-state index in [1.165, 1.54) is 0 Å². The highest BCUT2D eigenvalue weighted by atomic mass is 16.6. The molecule has 0 bridgehead atoms. The highest BCUT2D eigenvalue weighted by Gasteiger charge is 2.52. The van der Waals surface area contributed by atoms with Gasteiger partial charge < -0.3 is 15.2 Å². The molecule has 0 amide bonds. The molecule has 0 saturated heterocycles. The van der Waals surface area contributed by atoms with E-state index in [1.807, 2.05) is 31.2 Å². The third kappa shape index (κ3) is 2.64. The first-order valence-electron chi connectivity index (χ1n) is 6.30. The molecule has 0 spiro atoms. The fourth-order valence-electron chi connectivity index (χ4n) is 2.01. The minimum atomic E-state index is -0.431. The lowest BCUT2D eigenvalue weighted by molar-refractivity contribution is -0.148. The van der Waals surface area contributed by atoms with E-state index in [2.05, 4.69) is 0 Å². The summed E-state index contributed by atoms with van der Waals surface area (Å²) >= 11 is 0. The third-order valence-electron chi connectivity index (χ3n) is 3.27. The van der Waals surface area contributed by atoms with Crippen LogP contribution < -0.4 is 5.73 Å². The number of nitrogens with two attached hydrogens (primary N) is 1. The van der Waals surface area contributed by atoms with Gasteiger partial charge >= 0.3 is 5.97 Å². The molecule has 0 unspecified atom stereocenters. The number of benzene rings is 1. The van der Waals surface area contributed by atoms with Crippen LogP contribution in [0.4, 0.5) is 5.69 Å². The molecule has 1 saturated carbocycles. The number of hydrogen-bond acceptors (Lipinski definition) is 4. The van der Waals surface area contributed by atoms with E-state index in [4.69, 9.17) is 15.2 Å². The van der Waals surface area contributed by atoms with Crippen LogP contribution in [-0.2, 0) is 19.7 Å². The van der Waals surface area contributed by atoms with Gasteiger partial charge in [0.05, 0.1) is 12.0 Å². The van der Waals surface area contributed by atoms with Crippen molar-refractivity contribution in [3.63, 3.8) is 0 Å². The smallest absolute Gasteiger partial charge is 0.316 e. The molecule has 1 fully saturated rings. The first kappa shape index (κ1) is 12.9. The molecular weight excluding hydrogens is 230 g/mol. The van der Waals surface area contributed by atoms with Crippen LogP contribution in [-0.4, -0.2) is 25.8 Å². The number of rotatable bonds is 6. The molecule has 1 aliphatic rings. The number of carbonyl (C=O) groups excluding carboxylic acids is 1. The summed E-state index contributed by atoms with van der Waals surface area (Å²) in [5.41, 5.74) is 6.92. The second kappa shape index (κ2) is 5.40. The van der Waals surface area contributed by atoms with Gasteiger partial charge in [-0.25, -0.2) is 0 Å². The SMILES string of the molecule is CCOCCOC(=O)C1(c2ccc(N)cc2)CC1. The van der Waals surface area contributed by atoms with Crippen molar-refractivity contribution in [3.05, 3.63) is 29.8 Å². The van der Waals surface area contributed by atoms with Crippen molar-refractivity contribution < 1.29 is 14.3 Å². The molecule has 4 nitrogen and oxygen atoms in total. The Balaban J connectivity index is 1.94. The van der Waals surface area contributed by atoms with Crippen LogP contribution in [0.15, 0.2) is 24.3 Å². The Labute approximate surface area is 107 Å². The van der Waals surface area contributed by atoms with E-state index in [1.54, 1.807) is 0 Å². The maximum absolute atomic E-state index is 12.1. The minimum Gasteiger partial charge on any atom is -0.463 e. The fourth-order valence-corrected chi connectivity index (χ4v) is 2.01. The lowest BCUT2D eigenvalue weighted by Crippen LogP contribution is -2.24. The average Bonchev–Trinajstić information content (AvgIpc) is 3.17. The van der Waals surface area contributed by atoms with Crippen molar-refractivity contribution in [1.82, 2.24) is 0 Å². The Hall–Kier alpha value is -1.55. The number of nitrogen functional groups attached to an aromatic ring is 1. The highest BCUT2D eigenvalue weighted by Crippen LogP contribution is 2.49. The molecule has 2 N–H and O–H groups in total. The molecule has 18 heavy (non-hydrogen) atoms. The summed E-state index contributed by atoms with van der Waals surface area (Å²) in [6.45, 7) is 3.34. The third-order valence-corrected chi connectivity index (χ3v) is 3.27. The zero-order chi connectivity index (χ0) is 13.0. The lowest BCUT2D eigenvalue weighted by Gasteiger charge is -2.15. The van der Waals surface area contributed by atoms with Gasteiger partial charge in [-0.2, -0.15) is 0 Å². The largest absolute Gasteiger partial charge is 0.463 e. The highest BCUT2D eigenvalue weighted by molar-refractivity contribution is 5.86. The molecule has 1 aromatic rings. The Morgan fingerprint density at radius 1 is 1.28 bits per heavy atom. The number of ether oxygens (including phenoxy) is 2. The molecule has 1 aromatic carbocycles. The maximum atomic E-state index is 12.1. The van der Waals surface area contributed by atoms with E-state index >= 15 is 0 Å². The summed E-state index contributed by atoms with van der Waals surface area (Å²) in [5.74, 6) is -0.146. The van der Waals surface area contributed by atoms with Crippen molar-refractivity contribution >= 4 is 11.7 Å². The van der Waals surface area contributed by atoms with E-state index in [-0.39, 0.29) is 5.97 Å². The van der Waals surface area contributed by atoms with Crippen LogP contribution in [0.1, 0.15) is 25.3 Å².